The molecule has 2 rings (SSSR count). The fraction of sp³-hybridized carbons (Fsp3) is 0.154. The molecule has 1 aromatic carbocycles. The lowest BCUT2D eigenvalue weighted by Crippen LogP contribution is -2.35. The third kappa shape index (κ3) is 2.62. The van der Waals surface area contributed by atoms with Gasteiger partial charge in [-0.2, -0.15) is 0 Å². The van der Waals surface area contributed by atoms with Crippen molar-refractivity contribution < 1.29 is 14.0 Å². The van der Waals surface area contributed by atoms with Gasteiger partial charge < -0.3 is 10.2 Å². The monoisotopic (exact) mass is 259 g/mol. The molecular formula is C13H13N3O3. The molecule has 6 heteroatoms. The van der Waals surface area contributed by atoms with Crippen molar-refractivity contribution in [1.29, 1.82) is 0 Å². The molecule has 0 fully saturated rings. The first kappa shape index (κ1) is 12.8. The fourth-order valence-corrected chi connectivity index (χ4v) is 1.61. The van der Waals surface area contributed by atoms with Crippen LogP contribution in [0.2, 0.25) is 0 Å². The van der Waals surface area contributed by atoms with Crippen molar-refractivity contribution in [2.45, 2.75) is 13.8 Å². The summed E-state index contributed by atoms with van der Waals surface area (Å²) in [4.78, 5) is 28.7. The second kappa shape index (κ2) is 4.93. The van der Waals surface area contributed by atoms with E-state index in [0.29, 0.717) is 17.1 Å². The van der Waals surface area contributed by atoms with E-state index in [1.165, 1.54) is 13.1 Å². The zero-order valence-corrected chi connectivity index (χ0v) is 10.6. The van der Waals surface area contributed by atoms with Gasteiger partial charge in [-0.05, 0) is 31.2 Å². The van der Waals surface area contributed by atoms with E-state index in [4.69, 9.17) is 10.2 Å². The Balaban J connectivity index is 2.38. The molecule has 0 aliphatic carbocycles. The van der Waals surface area contributed by atoms with Gasteiger partial charge in [0.1, 0.15) is 5.76 Å². The molecule has 2 N–H and O–H groups in total. The molecule has 0 bridgehead atoms. The Hall–Kier alpha value is -2.63. The van der Waals surface area contributed by atoms with Crippen LogP contribution in [0.4, 0.5) is 11.4 Å². The first-order valence-corrected chi connectivity index (χ1v) is 5.62. The number of hydrogen-bond donors (Lipinski definition) is 1. The molecule has 1 heterocycles. The number of nitrogens with zero attached hydrogens (tertiary/aromatic N) is 2. The number of carbonyl (C=O) groups excluding carboxylic acids is 2. The predicted molar refractivity (Wildman–Crippen MR) is 69.6 cm³/mol. The molecule has 98 valence electrons. The number of rotatable bonds is 2. The fourth-order valence-electron chi connectivity index (χ4n) is 1.61. The number of hydrogen-bond acceptors (Lipinski definition) is 5. The molecule has 19 heavy (non-hydrogen) atoms. The van der Waals surface area contributed by atoms with Crippen LogP contribution in [0, 0.1) is 6.92 Å². The van der Waals surface area contributed by atoms with E-state index in [1.54, 1.807) is 31.2 Å². The van der Waals surface area contributed by atoms with Gasteiger partial charge in [-0.15, -0.1) is 0 Å². The molecule has 2 aromatic rings. The van der Waals surface area contributed by atoms with E-state index < -0.39 is 11.8 Å². The molecule has 0 saturated heterocycles. The molecule has 0 aliphatic heterocycles. The van der Waals surface area contributed by atoms with Crippen LogP contribution in [0.3, 0.4) is 0 Å². The van der Waals surface area contributed by atoms with Crippen molar-refractivity contribution in [3.05, 3.63) is 42.1 Å². The maximum Gasteiger partial charge on any atom is 0.320 e. The van der Waals surface area contributed by atoms with Gasteiger partial charge in [0.25, 0.3) is 5.89 Å². The summed E-state index contributed by atoms with van der Waals surface area (Å²) in [5, 5.41) is 0. The predicted octanol–water partition coefficient (Wildman–Crippen LogP) is 1.76. The van der Waals surface area contributed by atoms with Crippen molar-refractivity contribution in [2.24, 2.45) is 0 Å². The maximum atomic E-state index is 12.2. The SMILES string of the molecule is CC(=O)N(C(=O)c1ncc(C)o1)c1ccc(N)cc1. The van der Waals surface area contributed by atoms with E-state index in [2.05, 4.69) is 4.98 Å². The summed E-state index contributed by atoms with van der Waals surface area (Å²) in [5.74, 6) is -0.648. The second-order valence-corrected chi connectivity index (χ2v) is 4.03. The number of carbonyl (C=O) groups is 2. The van der Waals surface area contributed by atoms with Crippen LogP contribution in [0.15, 0.2) is 34.9 Å². The molecule has 0 saturated carbocycles. The largest absolute Gasteiger partial charge is 0.438 e. The van der Waals surface area contributed by atoms with Crippen LogP contribution in [0.5, 0.6) is 0 Å². The van der Waals surface area contributed by atoms with Crippen molar-refractivity contribution in [3.8, 4) is 0 Å². The summed E-state index contributed by atoms with van der Waals surface area (Å²) < 4.78 is 5.14. The lowest BCUT2D eigenvalue weighted by atomic mass is 10.2. The van der Waals surface area contributed by atoms with Gasteiger partial charge in [0.05, 0.1) is 11.9 Å². The standard InChI is InChI=1S/C13H13N3O3/c1-8-7-15-12(19-8)13(18)16(9(2)17)11-5-3-10(14)4-6-11/h3-7H,14H2,1-2H3. The van der Waals surface area contributed by atoms with Crippen molar-refractivity contribution in [3.63, 3.8) is 0 Å². The molecule has 0 aliphatic rings. The lowest BCUT2D eigenvalue weighted by Gasteiger charge is -2.17. The topological polar surface area (TPSA) is 89.4 Å². The molecule has 0 spiro atoms. The van der Waals surface area contributed by atoms with Crippen molar-refractivity contribution in [1.82, 2.24) is 4.98 Å². The third-order valence-electron chi connectivity index (χ3n) is 2.47. The highest BCUT2D eigenvalue weighted by molar-refractivity contribution is 6.18. The maximum absolute atomic E-state index is 12.2. The normalized spacial score (nSPS) is 10.2. The van der Waals surface area contributed by atoms with Crippen molar-refractivity contribution in [2.75, 3.05) is 10.6 Å². The summed E-state index contributed by atoms with van der Waals surface area (Å²) in [6.45, 7) is 2.97. The van der Waals surface area contributed by atoms with Crippen LogP contribution in [0.25, 0.3) is 0 Å². The van der Waals surface area contributed by atoms with Gasteiger partial charge in [0.2, 0.25) is 5.91 Å². The molecule has 0 atom stereocenters. The first-order valence-electron chi connectivity index (χ1n) is 5.62. The van der Waals surface area contributed by atoms with E-state index in [-0.39, 0.29) is 5.89 Å². The van der Waals surface area contributed by atoms with Crippen LogP contribution in [0.1, 0.15) is 23.4 Å². The zero-order valence-electron chi connectivity index (χ0n) is 10.6. The number of nitrogens with two attached hydrogens (primary N) is 1. The molecule has 6 nitrogen and oxygen atoms in total. The number of imide groups is 1. The number of benzene rings is 1. The Bertz CT molecular complexity index is 616. The highest BCUT2D eigenvalue weighted by Gasteiger charge is 2.25. The smallest absolute Gasteiger partial charge is 0.320 e. The number of amides is 2. The minimum absolute atomic E-state index is 0.121. The van der Waals surface area contributed by atoms with E-state index >= 15 is 0 Å². The Morgan fingerprint density at radius 1 is 1.26 bits per heavy atom. The summed E-state index contributed by atoms with van der Waals surface area (Å²) in [6.07, 6.45) is 1.43. The summed E-state index contributed by atoms with van der Waals surface area (Å²) in [5.41, 5.74) is 6.54. The minimum atomic E-state index is -0.606. The highest BCUT2D eigenvalue weighted by atomic mass is 16.4. The van der Waals surface area contributed by atoms with E-state index in [1.807, 2.05) is 0 Å². The summed E-state index contributed by atoms with van der Waals surface area (Å²) >= 11 is 0. The third-order valence-corrected chi connectivity index (χ3v) is 2.47. The van der Waals surface area contributed by atoms with E-state index in [9.17, 15) is 9.59 Å². The number of aryl methyl sites for hydroxylation is 1. The Morgan fingerprint density at radius 2 is 1.89 bits per heavy atom. The van der Waals surface area contributed by atoms with Crippen LogP contribution in [-0.4, -0.2) is 16.8 Å². The van der Waals surface area contributed by atoms with Crippen LogP contribution in [-0.2, 0) is 4.79 Å². The minimum Gasteiger partial charge on any atom is -0.438 e. The Morgan fingerprint density at radius 3 is 2.37 bits per heavy atom. The van der Waals surface area contributed by atoms with Crippen LogP contribution >= 0.6 is 0 Å². The highest BCUT2D eigenvalue weighted by Crippen LogP contribution is 2.19. The van der Waals surface area contributed by atoms with Gasteiger partial charge in [-0.1, -0.05) is 0 Å². The molecule has 0 unspecified atom stereocenters. The first-order chi connectivity index (χ1) is 8.99. The van der Waals surface area contributed by atoms with Gasteiger partial charge >= 0.3 is 5.91 Å². The number of aromatic nitrogens is 1. The number of anilines is 2. The Labute approximate surface area is 109 Å². The lowest BCUT2D eigenvalue weighted by molar-refractivity contribution is -0.116. The average molecular weight is 259 g/mol. The molecule has 2 amide bonds. The van der Waals surface area contributed by atoms with E-state index in [0.717, 1.165) is 4.90 Å². The number of oxazole rings is 1. The van der Waals surface area contributed by atoms with Crippen LogP contribution < -0.4 is 10.6 Å². The summed E-state index contributed by atoms with van der Waals surface area (Å²) in [7, 11) is 0. The summed E-state index contributed by atoms with van der Waals surface area (Å²) in [6, 6.07) is 6.40. The van der Waals surface area contributed by atoms with Gasteiger partial charge in [-0.3, -0.25) is 9.59 Å². The Kier molecular flexibility index (Phi) is 3.33. The quantitative estimate of drug-likeness (QED) is 0.830. The molecule has 0 radical (unpaired) electrons. The second-order valence-electron chi connectivity index (χ2n) is 4.03. The van der Waals surface area contributed by atoms with Gasteiger partial charge in [-0.25, -0.2) is 9.88 Å². The zero-order chi connectivity index (χ0) is 14.0. The van der Waals surface area contributed by atoms with Crippen molar-refractivity contribution >= 4 is 23.2 Å². The average Bonchev–Trinajstić information content (AvgIpc) is 2.78. The number of nitrogen functional groups attached to an aromatic ring is 1. The molecular weight excluding hydrogens is 246 g/mol. The van der Waals surface area contributed by atoms with Gasteiger partial charge in [0.15, 0.2) is 0 Å². The molecule has 1 aromatic heterocycles. The van der Waals surface area contributed by atoms with Gasteiger partial charge in [0, 0.05) is 12.6 Å².